The summed E-state index contributed by atoms with van der Waals surface area (Å²) in [4.78, 5) is 43.2. The van der Waals surface area contributed by atoms with Crippen molar-refractivity contribution in [2.24, 2.45) is 0 Å². The number of carbonyl (C=O) groups excluding carboxylic acids is 3. The third-order valence-electron chi connectivity index (χ3n) is 4.71. The van der Waals surface area contributed by atoms with Crippen LogP contribution in [0, 0.1) is 12.7 Å². The fourth-order valence-electron chi connectivity index (χ4n) is 3.09. The van der Waals surface area contributed by atoms with Crippen LogP contribution in [0.3, 0.4) is 0 Å². The van der Waals surface area contributed by atoms with E-state index >= 15 is 0 Å². The van der Waals surface area contributed by atoms with Crippen molar-refractivity contribution in [1.82, 2.24) is 20.4 Å². The number of benzene rings is 1. The molecule has 1 aliphatic rings. The first-order valence-corrected chi connectivity index (χ1v) is 12.0. The number of hydrogen-bond acceptors (Lipinski definition) is 8. The largest absolute Gasteiger partial charge is 0.361 e. The number of amides is 3. The summed E-state index contributed by atoms with van der Waals surface area (Å²) in [5.41, 5.74) is 1.74. The zero-order chi connectivity index (χ0) is 24.1. The van der Waals surface area contributed by atoms with Crippen LogP contribution in [-0.4, -0.2) is 45.2 Å². The van der Waals surface area contributed by atoms with Gasteiger partial charge in [-0.3, -0.25) is 19.3 Å². The van der Waals surface area contributed by atoms with Crippen LogP contribution in [0.5, 0.6) is 0 Å². The van der Waals surface area contributed by atoms with Crippen molar-refractivity contribution in [3.05, 3.63) is 82.0 Å². The van der Waals surface area contributed by atoms with Crippen LogP contribution in [-0.2, 0) is 10.5 Å². The fraction of sp³-hybridized carbons (Fsp3) is 0.174. The highest BCUT2D eigenvalue weighted by atomic mass is 32.2. The Morgan fingerprint density at radius 2 is 2.06 bits per heavy atom. The quantitative estimate of drug-likeness (QED) is 0.363. The maximum absolute atomic E-state index is 13.1. The minimum absolute atomic E-state index is 0.0259. The van der Waals surface area contributed by atoms with Gasteiger partial charge < -0.3 is 9.84 Å². The Labute approximate surface area is 203 Å². The van der Waals surface area contributed by atoms with Crippen LogP contribution in [0.4, 0.5) is 9.18 Å². The molecular weight excluding hydrogens is 479 g/mol. The predicted molar refractivity (Wildman–Crippen MR) is 126 cm³/mol. The molecule has 174 valence electrons. The summed E-state index contributed by atoms with van der Waals surface area (Å²) in [6.07, 6.45) is 3.14. The highest BCUT2D eigenvalue weighted by molar-refractivity contribution is 8.18. The number of nitrogens with zero attached hydrogens (tertiary/aromatic N) is 3. The van der Waals surface area contributed by atoms with Crippen molar-refractivity contribution in [3.8, 4) is 0 Å². The van der Waals surface area contributed by atoms with Crippen LogP contribution in [0.1, 0.15) is 27.4 Å². The maximum Gasteiger partial charge on any atom is 0.293 e. The van der Waals surface area contributed by atoms with Crippen molar-refractivity contribution in [3.63, 3.8) is 0 Å². The minimum Gasteiger partial charge on any atom is -0.361 e. The average Bonchev–Trinajstić information content (AvgIpc) is 3.36. The number of halogens is 1. The first-order chi connectivity index (χ1) is 16.4. The lowest BCUT2D eigenvalue weighted by Gasteiger charge is -2.13. The molecule has 0 radical (unpaired) electrons. The smallest absolute Gasteiger partial charge is 0.293 e. The van der Waals surface area contributed by atoms with Crippen LogP contribution in [0.25, 0.3) is 6.08 Å². The third kappa shape index (κ3) is 5.72. The van der Waals surface area contributed by atoms with Crippen LogP contribution < -0.4 is 5.32 Å². The summed E-state index contributed by atoms with van der Waals surface area (Å²) < 4.78 is 18.1. The second-order valence-corrected chi connectivity index (χ2v) is 9.17. The van der Waals surface area contributed by atoms with Gasteiger partial charge in [0.15, 0.2) is 0 Å². The molecule has 3 amide bonds. The number of aryl methyl sites for hydroxylation is 1. The lowest BCUT2D eigenvalue weighted by Crippen LogP contribution is -2.37. The molecule has 2 aromatic heterocycles. The molecule has 1 N–H and O–H groups in total. The summed E-state index contributed by atoms with van der Waals surface area (Å²) in [7, 11) is 0. The van der Waals surface area contributed by atoms with E-state index in [0.29, 0.717) is 27.7 Å². The normalized spacial score (nSPS) is 14.8. The Morgan fingerprint density at radius 3 is 2.79 bits per heavy atom. The Bertz CT molecular complexity index is 1260. The van der Waals surface area contributed by atoms with E-state index in [9.17, 15) is 18.8 Å². The van der Waals surface area contributed by atoms with Crippen molar-refractivity contribution >= 4 is 46.7 Å². The first-order valence-electron chi connectivity index (χ1n) is 10.2. The number of thioether (sulfide) groups is 2. The van der Waals surface area contributed by atoms with Gasteiger partial charge in [0.25, 0.3) is 17.1 Å². The molecule has 1 fully saturated rings. The van der Waals surface area contributed by atoms with E-state index in [1.807, 2.05) is 6.07 Å². The second kappa shape index (κ2) is 10.7. The lowest BCUT2D eigenvalue weighted by molar-refractivity contribution is -0.122. The monoisotopic (exact) mass is 498 g/mol. The van der Waals surface area contributed by atoms with Gasteiger partial charge in [-0.05, 0) is 54.6 Å². The molecule has 0 unspecified atom stereocenters. The van der Waals surface area contributed by atoms with E-state index in [0.717, 1.165) is 22.4 Å². The van der Waals surface area contributed by atoms with Gasteiger partial charge in [0.1, 0.15) is 16.6 Å². The Hall–Kier alpha value is -3.44. The average molecular weight is 499 g/mol. The summed E-state index contributed by atoms with van der Waals surface area (Å²) in [5.74, 6) is -0.0000761. The molecule has 3 heterocycles. The highest BCUT2D eigenvalue weighted by Crippen LogP contribution is 2.32. The molecular formula is C23H19FN4O4S2. The molecule has 11 heteroatoms. The predicted octanol–water partition coefficient (Wildman–Crippen LogP) is 4.28. The van der Waals surface area contributed by atoms with E-state index in [-0.39, 0.29) is 29.7 Å². The molecule has 8 nitrogen and oxygen atoms in total. The summed E-state index contributed by atoms with van der Waals surface area (Å²) in [6, 6.07) is 10.7. The van der Waals surface area contributed by atoms with Crippen molar-refractivity contribution in [1.29, 1.82) is 0 Å². The third-order valence-corrected chi connectivity index (χ3v) is 6.66. The Morgan fingerprint density at radius 1 is 1.26 bits per heavy atom. The topological polar surface area (TPSA) is 105 Å². The molecule has 1 saturated heterocycles. The van der Waals surface area contributed by atoms with Gasteiger partial charge in [-0.2, -0.15) is 0 Å². The van der Waals surface area contributed by atoms with Gasteiger partial charge >= 0.3 is 0 Å². The number of aromatic nitrogens is 2. The van der Waals surface area contributed by atoms with Crippen LogP contribution in [0.2, 0.25) is 0 Å². The van der Waals surface area contributed by atoms with Crippen LogP contribution >= 0.6 is 23.5 Å². The maximum atomic E-state index is 13.1. The molecule has 0 aliphatic carbocycles. The van der Waals surface area contributed by atoms with Gasteiger partial charge in [-0.25, -0.2) is 9.37 Å². The molecule has 0 bridgehead atoms. The number of nitrogens with one attached hydrogen (secondary N) is 1. The second-order valence-electron chi connectivity index (χ2n) is 7.21. The van der Waals surface area contributed by atoms with E-state index in [4.69, 9.17) is 4.52 Å². The zero-order valence-corrected chi connectivity index (χ0v) is 19.6. The first kappa shape index (κ1) is 23.7. The fourth-order valence-corrected chi connectivity index (χ4v) is 4.82. The molecule has 0 saturated carbocycles. The van der Waals surface area contributed by atoms with E-state index in [1.54, 1.807) is 31.3 Å². The SMILES string of the molecule is Cc1cc(CSc2ncccc2C(=O)NCCN2C(=O)S/C(=C\c3ccc(F)cc3)C2=O)no1. The molecule has 34 heavy (non-hydrogen) atoms. The number of hydrogen-bond donors (Lipinski definition) is 1. The Kier molecular flexibility index (Phi) is 7.43. The molecule has 4 rings (SSSR count). The van der Waals surface area contributed by atoms with Crippen molar-refractivity contribution in [2.45, 2.75) is 17.7 Å². The van der Waals surface area contributed by atoms with Crippen molar-refractivity contribution in [2.75, 3.05) is 13.1 Å². The lowest BCUT2D eigenvalue weighted by atomic mass is 10.2. The van der Waals surface area contributed by atoms with Crippen molar-refractivity contribution < 1.29 is 23.3 Å². The minimum atomic E-state index is -0.450. The summed E-state index contributed by atoms with van der Waals surface area (Å²) in [5, 5.41) is 6.78. The summed E-state index contributed by atoms with van der Waals surface area (Å²) in [6.45, 7) is 1.91. The molecule has 0 atom stereocenters. The van der Waals surface area contributed by atoms with Gasteiger partial charge in [-0.15, -0.1) is 0 Å². The van der Waals surface area contributed by atoms with Crippen LogP contribution in [0.15, 0.2) is 63.1 Å². The van der Waals surface area contributed by atoms with Gasteiger partial charge in [0.2, 0.25) is 0 Å². The van der Waals surface area contributed by atoms with E-state index in [2.05, 4.69) is 15.5 Å². The summed E-state index contributed by atoms with van der Waals surface area (Å²) >= 11 is 2.17. The van der Waals surface area contributed by atoms with Gasteiger partial charge in [-0.1, -0.05) is 29.1 Å². The molecule has 1 aliphatic heterocycles. The molecule has 1 aromatic carbocycles. The number of pyridine rings is 1. The number of imide groups is 1. The molecule has 3 aromatic rings. The van der Waals surface area contributed by atoms with Gasteiger partial charge in [0.05, 0.1) is 16.2 Å². The Balaban J connectivity index is 1.33. The van der Waals surface area contributed by atoms with E-state index in [1.165, 1.54) is 36.0 Å². The highest BCUT2D eigenvalue weighted by Gasteiger charge is 2.34. The standard InChI is InChI=1S/C23H19FN4O4S2/c1-14-11-17(27-32-14)13-33-21-18(3-2-8-26-21)20(29)25-9-10-28-22(30)19(34-23(28)31)12-15-4-6-16(24)7-5-15/h2-8,11-12H,9-10,13H2,1H3,(H,25,29)/b19-12-. The zero-order valence-electron chi connectivity index (χ0n) is 18.0. The molecule has 0 spiro atoms. The number of carbonyl (C=O) groups is 3. The van der Waals surface area contributed by atoms with E-state index < -0.39 is 11.1 Å². The van der Waals surface area contributed by atoms with Gasteiger partial charge in [0, 0.05) is 31.1 Å². The number of rotatable bonds is 8.